The van der Waals surface area contributed by atoms with Gasteiger partial charge >= 0.3 is 0 Å². The lowest BCUT2D eigenvalue weighted by atomic mass is 10.2. The Labute approximate surface area is 106 Å². The summed E-state index contributed by atoms with van der Waals surface area (Å²) < 4.78 is 5.44. The van der Waals surface area contributed by atoms with Gasteiger partial charge in [0.05, 0.1) is 19.6 Å². The molecule has 0 atom stereocenters. The number of nitrogens with zero attached hydrogens (tertiary/aromatic N) is 1. The maximum Gasteiger partial charge on any atom is 0.225 e. The molecule has 1 rings (SSSR count). The van der Waals surface area contributed by atoms with Crippen molar-refractivity contribution in [3.05, 3.63) is 28.8 Å². The number of amides is 1. The Morgan fingerprint density at radius 3 is 2.76 bits per heavy atom. The molecule has 0 saturated heterocycles. The number of aliphatic hydroxyl groups excluding tert-OH is 1. The number of ether oxygens (including phenoxy) is 1. The van der Waals surface area contributed by atoms with Crippen molar-refractivity contribution in [2.75, 3.05) is 20.7 Å². The topological polar surface area (TPSA) is 49.8 Å². The van der Waals surface area contributed by atoms with Crippen molar-refractivity contribution in [2.24, 2.45) is 0 Å². The van der Waals surface area contributed by atoms with Gasteiger partial charge < -0.3 is 14.7 Å². The molecule has 17 heavy (non-hydrogen) atoms. The number of hydrogen-bond donors (Lipinski definition) is 1. The molecule has 0 aromatic heterocycles. The van der Waals surface area contributed by atoms with E-state index in [1.165, 1.54) is 4.90 Å². The van der Waals surface area contributed by atoms with Gasteiger partial charge in [0.1, 0.15) is 5.75 Å². The van der Waals surface area contributed by atoms with Crippen LogP contribution in [0.15, 0.2) is 18.2 Å². The van der Waals surface area contributed by atoms with Crippen LogP contribution >= 0.6 is 11.6 Å². The highest BCUT2D eigenvalue weighted by Crippen LogP contribution is 2.22. The fourth-order valence-corrected chi connectivity index (χ4v) is 1.48. The molecule has 0 aliphatic carbocycles. The molecule has 0 unspecified atom stereocenters. The van der Waals surface area contributed by atoms with Gasteiger partial charge in [0.25, 0.3) is 0 Å². The quantitative estimate of drug-likeness (QED) is 0.873. The summed E-state index contributed by atoms with van der Waals surface area (Å²) in [7, 11) is 3.40. The fraction of sp³-hybridized carbons (Fsp3) is 0.417. The van der Waals surface area contributed by atoms with E-state index in [0.717, 1.165) is 0 Å². The number of carbonyl (C=O) groups is 1. The van der Waals surface area contributed by atoms with E-state index in [9.17, 15) is 4.79 Å². The van der Waals surface area contributed by atoms with Crippen LogP contribution < -0.4 is 4.74 Å². The van der Waals surface area contributed by atoms with Crippen molar-refractivity contribution in [1.29, 1.82) is 0 Å². The average Bonchev–Trinajstić information content (AvgIpc) is 2.30. The lowest BCUT2D eigenvalue weighted by Crippen LogP contribution is -2.23. The third-order valence-corrected chi connectivity index (χ3v) is 2.50. The smallest absolute Gasteiger partial charge is 0.225 e. The Bertz CT molecular complexity index is 393. The maximum atomic E-state index is 11.3. The Hall–Kier alpha value is -1.26. The van der Waals surface area contributed by atoms with Crippen LogP contribution in [0.3, 0.4) is 0 Å². The van der Waals surface area contributed by atoms with Gasteiger partial charge in [-0.3, -0.25) is 4.79 Å². The van der Waals surface area contributed by atoms with E-state index in [4.69, 9.17) is 21.4 Å². The maximum absolute atomic E-state index is 11.3. The standard InChI is InChI=1S/C12H16ClNO3/c1-14(2)12(16)5-6-17-11-4-3-10(13)7-9(11)8-15/h3-4,7,15H,5-6,8H2,1-2H3. The minimum absolute atomic E-state index is 0.00418. The Morgan fingerprint density at radius 1 is 1.47 bits per heavy atom. The van der Waals surface area contributed by atoms with Crippen LogP contribution in [-0.2, 0) is 11.4 Å². The van der Waals surface area contributed by atoms with E-state index >= 15 is 0 Å². The largest absolute Gasteiger partial charge is 0.493 e. The van der Waals surface area contributed by atoms with Crippen molar-refractivity contribution >= 4 is 17.5 Å². The number of rotatable bonds is 5. The van der Waals surface area contributed by atoms with Crippen LogP contribution in [0.1, 0.15) is 12.0 Å². The molecular formula is C12H16ClNO3. The van der Waals surface area contributed by atoms with Crippen LogP contribution in [0.4, 0.5) is 0 Å². The third kappa shape index (κ3) is 4.24. The van der Waals surface area contributed by atoms with Crippen LogP contribution in [0.5, 0.6) is 5.75 Å². The highest BCUT2D eigenvalue weighted by atomic mass is 35.5. The predicted molar refractivity (Wildman–Crippen MR) is 66.2 cm³/mol. The molecule has 0 saturated carbocycles. The molecule has 0 aliphatic heterocycles. The first-order chi connectivity index (χ1) is 8.04. The van der Waals surface area contributed by atoms with Crippen LogP contribution in [0, 0.1) is 0 Å². The van der Waals surface area contributed by atoms with E-state index in [0.29, 0.717) is 22.8 Å². The molecule has 1 aromatic carbocycles. The highest BCUT2D eigenvalue weighted by molar-refractivity contribution is 6.30. The molecular weight excluding hydrogens is 242 g/mol. The summed E-state index contributed by atoms with van der Waals surface area (Å²) in [4.78, 5) is 12.8. The normalized spacial score (nSPS) is 10.1. The van der Waals surface area contributed by atoms with Gasteiger partial charge in [0.2, 0.25) is 5.91 Å². The van der Waals surface area contributed by atoms with E-state index in [-0.39, 0.29) is 19.1 Å². The summed E-state index contributed by atoms with van der Waals surface area (Å²) in [5.74, 6) is 0.563. The second-order valence-corrected chi connectivity index (χ2v) is 4.23. The third-order valence-electron chi connectivity index (χ3n) is 2.27. The van der Waals surface area contributed by atoms with Gasteiger partial charge in [-0.25, -0.2) is 0 Å². The molecule has 0 bridgehead atoms. The van der Waals surface area contributed by atoms with Crippen molar-refractivity contribution in [3.8, 4) is 5.75 Å². The van der Waals surface area contributed by atoms with E-state index in [1.807, 2.05) is 0 Å². The zero-order valence-electron chi connectivity index (χ0n) is 9.94. The molecule has 0 spiro atoms. The number of benzene rings is 1. The lowest BCUT2D eigenvalue weighted by Gasteiger charge is -2.12. The Morgan fingerprint density at radius 2 is 2.18 bits per heavy atom. The van der Waals surface area contributed by atoms with Gasteiger partial charge in [-0.2, -0.15) is 0 Å². The minimum atomic E-state index is -0.141. The fourth-order valence-electron chi connectivity index (χ4n) is 1.28. The molecule has 4 nitrogen and oxygen atoms in total. The predicted octanol–water partition coefficient (Wildman–Crippen LogP) is 1.69. The van der Waals surface area contributed by atoms with Gasteiger partial charge in [-0.15, -0.1) is 0 Å². The van der Waals surface area contributed by atoms with Crippen molar-refractivity contribution in [3.63, 3.8) is 0 Å². The average molecular weight is 258 g/mol. The molecule has 5 heteroatoms. The first-order valence-corrected chi connectivity index (χ1v) is 5.64. The second kappa shape index (κ2) is 6.47. The number of halogens is 1. The van der Waals surface area contributed by atoms with Crippen molar-refractivity contribution < 1.29 is 14.6 Å². The second-order valence-electron chi connectivity index (χ2n) is 3.80. The molecule has 1 N–H and O–H groups in total. The summed E-state index contributed by atoms with van der Waals surface area (Å²) in [6, 6.07) is 5.02. The summed E-state index contributed by atoms with van der Waals surface area (Å²) in [6.45, 7) is 0.142. The van der Waals surface area contributed by atoms with Gasteiger partial charge in [0, 0.05) is 24.7 Å². The Kier molecular flexibility index (Phi) is 5.25. The summed E-state index contributed by atoms with van der Waals surface area (Å²) >= 11 is 5.79. The molecule has 1 amide bonds. The summed E-state index contributed by atoms with van der Waals surface area (Å²) in [5, 5.41) is 9.67. The van der Waals surface area contributed by atoms with E-state index < -0.39 is 0 Å². The van der Waals surface area contributed by atoms with E-state index in [2.05, 4.69) is 0 Å². The van der Waals surface area contributed by atoms with E-state index in [1.54, 1.807) is 32.3 Å². The van der Waals surface area contributed by atoms with Crippen LogP contribution in [0.2, 0.25) is 5.02 Å². The summed E-state index contributed by atoms with van der Waals surface area (Å²) in [6.07, 6.45) is 0.306. The van der Waals surface area contributed by atoms with Crippen molar-refractivity contribution in [2.45, 2.75) is 13.0 Å². The Balaban J connectivity index is 2.54. The number of hydrogen-bond acceptors (Lipinski definition) is 3. The summed E-state index contributed by atoms with van der Waals surface area (Å²) in [5.41, 5.74) is 0.620. The minimum Gasteiger partial charge on any atom is -0.493 e. The molecule has 0 aliphatic rings. The monoisotopic (exact) mass is 257 g/mol. The first-order valence-electron chi connectivity index (χ1n) is 5.27. The van der Waals surface area contributed by atoms with Crippen LogP contribution in [0.25, 0.3) is 0 Å². The SMILES string of the molecule is CN(C)C(=O)CCOc1ccc(Cl)cc1CO. The number of carbonyl (C=O) groups excluding carboxylic acids is 1. The van der Waals surface area contributed by atoms with Crippen LogP contribution in [-0.4, -0.2) is 36.6 Å². The van der Waals surface area contributed by atoms with Gasteiger partial charge in [0.15, 0.2) is 0 Å². The molecule has 94 valence electrons. The van der Waals surface area contributed by atoms with Crippen molar-refractivity contribution in [1.82, 2.24) is 4.90 Å². The van der Waals surface area contributed by atoms with Gasteiger partial charge in [-0.05, 0) is 18.2 Å². The molecule has 0 fully saturated rings. The molecule has 0 radical (unpaired) electrons. The molecule has 1 aromatic rings. The first kappa shape index (κ1) is 13.8. The zero-order chi connectivity index (χ0) is 12.8. The van der Waals surface area contributed by atoms with Gasteiger partial charge in [-0.1, -0.05) is 11.6 Å². The molecule has 0 heterocycles. The highest BCUT2D eigenvalue weighted by Gasteiger charge is 2.07. The zero-order valence-corrected chi connectivity index (χ0v) is 10.7. The number of aliphatic hydroxyl groups is 1. The lowest BCUT2D eigenvalue weighted by molar-refractivity contribution is -0.129.